The van der Waals surface area contributed by atoms with Gasteiger partial charge in [-0.05, 0) is 40.7 Å². The average Bonchev–Trinajstić information content (AvgIpc) is 2.59. The fraction of sp³-hybridized carbons (Fsp3) is 0.786. The predicted molar refractivity (Wildman–Crippen MR) is 74.1 cm³/mol. The van der Waals surface area contributed by atoms with Gasteiger partial charge in [-0.2, -0.15) is 0 Å². The summed E-state index contributed by atoms with van der Waals surface area (Å²) in [6.07, 6.45) is 0.751. The molecule has 1 N–H and O–H groups in total. The van der Waals surface area contributed by atoms with Crippen LogP contribution in [-0.4, -0.2) is 57.4 Å². The van der Waals surface area contributed by atoms with Crippen molar-refractivity contribution in [1.29, 1.82) is 0 Å². The van der Waals surface area contributed by atoms with E-state index in [0.717, 1.165) is 0 Å². The zero-order valence-electron chi connectivity index (χ0n) is 12.6. The van der Waals surface area contributed by atoms with Crippen molar-refractivity contribution in [2.75, 3.05) is 6.54 Å². The van der Waals surface area contributed by atoms with Gasteiger partial charge < -0.3 is 5.11 Å². The largest absolute Gasteiger partial charge is 0.481 e. The zero-order valence-corrected chi connectivity index (χ0v) is 12.6. The average molecular weight is 284 g/mol. The maximum Gasteiger partial charge on any atom is 0.303 e. The molecule has 2 amide bonds. The molecule has 0 aromatic carbocycles. The predicted octanol–water partition coefficient (Wildman–Crippen LogP) is 1.10. The highest BCUT2D eigenvalue weighted by Crippen LogP contribution is 2.23. The molecule has 6 heteroatoms. The third kappa shape index (κ3) is 3.79. The summed E-state index contributed by atoms with van der Waals surface area (Å²) in [7, 11) is 0. The number of amides is 2. The first-order chi connectivity index (χ1) is 9.25. The first-order valence-electron chi connectivity index (χ1n) is 7.09. The van der Waals surface area contributed by atoms with Crippen LogP contribution < -0.4 is 0 Å². The van der Waals surface area contributed by atoms with Gasteiger partial charge in [0, 0.05) is 18.5 Å². The molecule has 1 aliphatic rings. The van der Waals surface area contributed by atoms with Crippen molar-refractivity contribution in [2.24, 2.45) is 0 Å². The Balaban J connectivity index is 2.75. The van der Waals surface area contributed by atoms with E-state index in [1.807, 2.05) is 32.6 Å². The lowest BCUT2D eigenvalue weighted by Gasteiger charge is -2.31. The van der Waals surface area contributed by atoms with Crippen molar-refractivity contribution in [3.63, 3.8) is 0 Å². The number of nitrogens with zero attached hydrogens (tertiary/aromatic N) is 2. The number of carboxylic acid groups (broad SMARTS) is 1. The maximum atomic E-state index is 12.3. The summed E-state index contributed by atoms with van der Waals surface area (Å²) >= 11 is 0. The lowest BCUT2D eigenvalue weighted by Crippen LogP contribution is -2.47. The van der Waals surface area contributed by atoms with Gasteiger partial charge >= 0.3 is 5.97 Å². The molecule has 1 heterocycles. The summed E-state index contributed by atoms with van der Waals surface area (Å²) in [4.78, 5) is 38.1. The fourth-order valence-corrected chi connectivity index (χ4v) is 2.62. The summed E-state index contributed by atoms with van der Waals surface area (Å²) in [6, 6.07) is -0.482. The van der Waals surface area contributed by atoms with Crippen molar-refractivity contribution in [3.05, 3.63) is 0 Å². The van der Waals surface area contributed by atoms with Crippen molar-refractivity contribution in [2.45, 2.75) is 65.1 Å². The normalized spacial score (nSPS) is 19.8. The van der Waals surface area contributed by atoms with Crippen molar-refractivity contribution in [3.8, 4) is 0 Å². The molecular weight excluding hydrogens is 260 g/mol. The Kier molecular flexibility index (Phi) is 5.68. The van der Waals surface area contributed by atoms with Gasteiger partial charge in [0.05, 0.1) is 12.5 Å². The Morgan fingerprint density at radius 1 is 1.35 bits per heavy atom. The van der Waals surface area contributed by atoms with Gasteiger partial charge in [-0.25, -0.2) is 0 Å². The first kappa shape index (κ1) is 16.6. The minimum Gasteiger partial charge on any atom is -0.481 e. The van der Waals surface area contributed by atoms with Crippen LogP contribution in [0.1, 0.15) is 47.0 Å². The summed E-state index contributed by atoms with van der Waals surface area (Å²) in [5, 5.41) is 8.69. The van der Waals surface area contributed by atoms with E-state index in [1.54, 1.807) is 0 Å². The van der Waals surface area contributed by atoms with E-state index < -0.39 is 12.0 Å². The second-order valence-electron chi connectivity index (χ2n) is 5.74. The molecule has 0 bridgehead atoms. The molecule has 1 unspecified atom stereocenters. The van der Waals surface area contributed by atoms with E-state index in [4.69, 9.17) is 5.11 Å². The van der Waals surface area contributed by atoms with Gasteiger partial charge in [0.2, 0.25) is 11.8 Å². The topological polar surface area (TPSA) is 77.9 Å². The smallest absolute Gasteiger partial charge is 0.303 e. The summed E-state index contributed by atoms with van der Waals surface area (Å²) in [5.74, 6) is -1.14. The molecule has 0 aromatic heterocycles. The number of imide groups is 1. The minimum absolute atomic E-state index is 0.0754. The highest BCUT2D eigenvalue weighted by atomic mass is 16.4. The van der Waals surface area contributed by atoms with Gasteiger partial charge in [0.1, 0.15) is 0 Å². The molecule has 20 heavy (non-hydrogen) atoms. The molecule has 0 saturated carbocycles. The van der Waals surface area contributed by atoms with Gasteiger partial charge in [0.25, 0.3) is 0 Å². The SMILES string of the molecule is CC(C)N1C(=O)CC(N(CCCC(=O)O)C(C)C)C1=O. The van der Waals surface area contributed by atoms with Crippen LogP contribution in [0.4, 0.5) is 0 Å². The number of carbonyl (C=O) groups excluding carboxylic acids is 2. The van der Waals surface area contributed by atoms with Crippen LogP contribution in [0.2, 0.25) is 0 Å². The maximum absolute atomic E-state index is 12.3. The number of carboxylic acids is 1. The molecule has 0 aromatic rings. The van der Waals surface area contributed by atoms with E-state index in [0.29, 0.717) is 13.0 Å². The molecule has 0 radical (unpaired) electrons. The van der Waals surface area contributed by atoms with Crippen LogP contribution in [-0.2, 0) is 14.4 Å². The lowest BCUT2D eigenvalue weighted by molar-refractivity contribution is -0.141. The third-order valence-electron chi connectivity index (χ3n) is 3.55. The Morgan fingerprint density at radius 2 is 1.95 bits per heavy atom. The zero-order chi connectivity index (χ0) is 15.4. The van der Waals surface area contributed by atoms with Crippen molar-refractivity contribution >= 4 is 17.8 Å². The van der Waals surface area contributed by atoms with Crippen LogP contribution in [0, 0.1) is 0 Å². The number of hydrogen-bond donors (Lipinski definition) is 1. The quantitative estimate of drug-likeness (QED) is 0.708. The van der Waals surface area contributed by atoms with E-state index in [1.165, 1.54) is 4.90 Å². The molecule has 0 aliphatic carbocycles. The van der Waals surface area contributed by atoms with Crippen molar-refractivity contribution < 1.29 is 19.5 Å². The number of likely N-dealkylation sites (tertiary alicyclic amines) is 1. The molecular formula is C14H24N2O4. The molecule has 1 atom stereocenters. The van der Waals surface area contributed by atoms with Gasteiger partial charge in [-0.1, -0.05) is 0 Å². The standard InChI is InChI=1S/C14H24N2O4/c1-9(2)15(7-5-6-13(18)19)11-8-12(17)16(10(3)4)14(11)20/h9-11H,5-8H2,1-4H3,(H,18,19). The lowest BCUT2D eigenvalue weighted by atomic mass is 10.1. The molecule has 0 spiro atoms. The number of hydrogen-bond acceptors (Lipinski definition) is 4. The molecule has 1 saturated heterocycles. The fourth-order valence-electron chi connectivity index (χ4n) is 2.62. The number of carbonyl (C=O) groups is 3. The van der Waals surface area contributed by atoms with E-state index >= 15 is 0 Å². The van der Waals surface area contributed by atoms with Crippen LogP contribution in [0.5, 0.6) is 0 Å². The highest BCUT2D eigenvalue weighted by Gasteiger charge is 2.43. The van der Waals surface area contributed by atoms with E-state index in [2.05, 4.69) is 0 Å². The second-order valence-corrected chi connectivity index (χ2v) is 5.74. The Bertz CT molecular complexity index is 393. The minimum atomic E-state index is -0.841. The summed E-state index contributed by atoms with van der Waals surface area (Å²) in [6.45, 7) is 8.07. The van der Waals surface area contributed by atoms with Crippen LogP contribution in [0.3, 0.4) is 0 Å². The number of aliphatic carboxylic acids is 1. The van der Waals surface area contributed by atoms with E-state index in [9.17, 15) is 14.4 Å². The molecule has 6 nitrogen and oxygen atoms in total. The summed E-state index contributed by atoms with van der Waals surface area (Å²) < 4.78 is 0. The van der Waals surface area contributed by atoms with Crippen molar-refractivity contribution in [1.82, 2.24) is 9.80 Å². The Labute approximate surface area is 119 Å². The summed E-state index contributed by atoms with van der Waals surface area (Å²) in [5.41, 5.74) is 0. The first-order valence-corrected chi connectivity index (χ1v) is 7.09. The highest BCUT2D eigenvalue weighted by molar-refractivity contribution is 6.05. The molecule has 1 aliphatic heterocycles. The number of rotatable bonds is 7. The van der Waals surface area contributed by atoms with Gasteiger partial charge in [-0.3, -0.25) is 24.2 Å². The molecule has 1 rings (SSSR count). The Morgan fingerprint density at radius 3 is 2.35 bits per heavy atom. The van der Waals surface area contributed by atoms with Gasteiger partial charge in [0.15, 0.2) is 0 Å². The molecule has 114 valence electrons. The third-order valence-corrected chi connectivity index (χ3v) is 3.55. The van der Waals surface area contributed by atoms with Crippen LogP contribution in [0.15, 0.2) is 0 Å². The Hall–Kier alpha value is -1.43. The monoisotopic (exact) mass is 284 g/mol. The molecule has 1 fully saturated rings. The van der Waals surface area contributed by atoms with Gasteiger partial charge in [-0.15, -0.1) is 0 Å². The van der Waals surface area contributed by atoms with E-state index in [-0.39, 0.29) is 36.7 Å². The van der Waals surface area contributed by atoms with Crippen LogP contribution >= 0.6 is 0 Å². The second kappa shape index (κ2) is 6.83. The van der Waals surface area contributed by atoms with Crippen LogP contribution in [0.25, 0.3) is 0 Å².